The van der Waals surface area contributed by atoms with E-state index in [-0.39, 0.29) is 11.6 Å². The highest BCUT2D eigenvalue weighted by atomic mass is 35.5. The van der Waals surface area contributed by atoms with Crippen molar-refractivity contribution in [1.82, 2.24) is 0 Å². The molecule has 0 amide bonds. The first-order valence-corrected chi connectivity index (χ1v) is 6.36. The lowest BCUT2D eigenvalue weighted by atomic mass is 10.2. The zero-order chi connectivity index (χ0) is 11.5. The van der Waals surface area contributed by atoms with Gasteiger partial charge < -0.3 is 0 Å². The molecule has 0 heterocycles. The van der Waals surface area contributed by atoms with Crippen LogP contribution in [0.25, 0.3) is 0 Å². The second-order valence-electron chi connectivity index (χ2n) is 3.02. The lowest BCUT2D eigenvalue weighted by molar-refractivity contribution is 0.326. The van der Waals surface area contributed by atoms with Crippen molar-refractivity contribution in [2.75, 3.05) is 12.9 Å². The molecule has 0 saturated carbocycles. The molecular formula is C9H10ClFO3S. The van der Waals surface area contributed by atoms with Crippen LogP contribution in [0.3, 0.4) is 0 Å². The Morgan fingerprint density at radius 1 is 1.47 bits per heavy atom. The minimum Gasteiger partial charge on any atom is -0.270 e. The molecule has 0 N–H and O–H groups in total. The zero-order valence-corrected chi connectivity index (χ0v) is 9.61. The number of hydrogen-bond donors (Lipinski definition) is 0. The van der Waals surface area contributed by atoms with Crippen molar-refractivity contribution in [3.63, 3.8) is 0 Å². The third-order valence-corrected chi connectivity index (χ3v) is 2.56. The Hall–Kier alpha value is -0.650. The first kappa shape index (κ1) is 12.4. The second-order valence-corrected chi connectivity index (χ2v) is 5.08. The monoisotopic (exact) mass is 252 g/mol. The molecule has 1 rings (SSSR count). The van der Waals surface area contributed by atoms with Gasteiger partial charge in [0.05, 0.1) is 17.9 Å². The lowest BCUT2D eigenvalue weighted by Gasteiger charge is -2.02. The summed E-state index contributed by atoms with van der Waals surface area (Å²) in [7, 11) is -3.42. The topological polar surface area (TPSA) is 43.4 Å². The maximum absolute atomic E-state index is 12.8. The molecule has 0 aliphatic heterocycles. The van der Waals surface area contributed by atoms with Crippen LogP contribution in [0.5, 0.6) is 0 Å². The summed E-state index contributed by atoms with van der Waals surface area (Å²) in [4.78, 5) is 0. The molecule has 0 spiro atoms. The molecule has 0 fully saturated rings. The van der Waals surface area contributed by atoms with E-state index in [9.17, 15) is 12.8 Å². The van der Waals surface area contributed by atoms with E-state index in [1.165, 1.54) is 18.2 Å². The maximum atomic E-state index is 12.8. The zero-order valence-electron chi connectivity index (χ0n) is 8.04. The molecule has 0 aromatic heterocycles. The fraction of sp³-hybridized carbons (Fsp3) is 0.333. The van der Waals surface area contributed by atoms with Crippen LogP contribution in [0.4, 0.5) is 4.39 Å². The molecule has 6 heteroatoms. The van der Waals surface area contributed by atoms with E-state index in [1.807, 2.05) is 0 Å². The van der Waals surface area contributed by atoms with Crippen LogP contribution in [0, 0.1) is 5.82 Å². The Morgan fingerprint density at radius 3 is 2.67 bits per heavy atom. The summed E-state index contributed by atoms with van der Waals surface area (Å²) in [6.07, 6.45) is 1.34. The summed E-state index contributed by atoms with van der Waals surface area (Å²) >= 11 is 5.55. The van der Waals surface area contributed by atoms with Crippen LogP contribution >= 0.6 is 11.6 Å². The van der Waals surface area contributed by atoms with Crippen LogP contribution < -0.4 is 0 Å². The van der Waals surface area contributed by atoms with Crippen molar-refractivity contribution in [2.45, 2.75) is 6.42 Å². The molecule has 0 saturated heterocycles. The van der Waals surface area contributed by atoms with Crippen molar-refractivity contribution in [3.8, 4) is 0 Å². The van der Waals surface area contributed by atoms with Gasteiger partial charge in [0, 0.05) is 0 Å². The molecular weight excluding hydrogens is 243 g/mol. The van der Waals surface area contributed by atoms with Gasteiger partial charge in [-0.3, -0.25) is 4.18 Å². The maximum Gasteiger partial charge on any atom is 0.264 e. The van der Waals surface area contributed by atoms with Gasteiger partial charge in [-0.25, -0.2) is 4.39 Å². The van der Waals surface area contributed by atoms with Crippen LogP contribution in [0.1, 0.15) is 5.56 Å². The molecule has 0 atom stereocenters. The minimum atomic E-state index is -3.42. The Balaban J connectivity index is 2.55. The lowest BCUT2D eigenvalue weighted by Crippen LogP contribution is -2.06. The fourth-order valence-electron chi connectivity index (χ4n) is 1.01. The van der Waals surface area contributed by atoms with Gasteiger partial charge in [0.25, 0.3) is 10.1 Å². The predicted octanol–water partition coefficient (Wildman–Crippen LogP) is 2.00. The summed E-state index contributed by atoms with van der Waals surface area (Å²) < 4.78 is 38.6. The molecule has 0 radical (unpaired) electrons. The van der Waals surface area contributed by atoms with Gasteiger partial charge in [0.15, 0.2) is 0 Å². The normalized spacial score (nSPS) is 11.7. The standard InChI is InChI=1S/C9H10ClFO3S/c1-15(12,13)14-5-4-7-2-3-9(11)8(10)6-7/h2-3,6H,4-5H2,1H3. The molecule has 0 bridgehead atoms. The highest BCUT2D eigenvalue weighted by Crippen LogP contribution is 2.16. The number of rotatable bonds is 4. The van der Waals surface area contributed by atoms with Gasteiger partial charge in [-0.15, -0.1) is 0 Å². The van der Waals surface area contributed by atoms with Crippen LogP contribution in [0.15, 0.2) is 18.2 Å². The smallest absolute Gasteiger partial charge is 0.264 e. The van der Waals surface area contributed by atoms with Gasteiger partial charge >= 0.3 is 0 Å². The average molecular weight is 253 g/mol. The van der Waals surface area contributed by atoms with Crippen LogP contribution in [-0.4, -0.2) is 21.3 Å². The van der Waals surface area contributed by atoms with E-state index in [1.54, 1.807) is 0 Å². The second kappa shape index (κ2) is 4.92. The Bertz CT molecular complexity index is 445. The first-order chi connectivity index (χ1) is 6.88. The van der Waals surface area contributed by atoms with Crippen LogP contribution in [0.2, 0.25) is 5.02 Å². The van der Waals surface area contributed by atoms with E-state index in [2.05, 4.69) is 4.18 Å². The quantitative estimate of drug-likeness (QED) is 0.770. The summed E-state index contributed by atoms with van der Waals surface area (Å²) in [5, 5.41) is 0.0202. The molecule has 1 aromatic carbocycles. The van der Waals surface area contributed by atoms with E-state index < -0.39 is 15.9 Å². The summed E-state index contributed by atoms with van der Waals surface area (Å²) in [6.45, 7) is 0.0286. The summed E-state index contributed by atoms with van der Waals surface area (Å²) in [5.41, 5.74) is 0.727. The van der Waals surface area contributed by atoms with E-state index in [0.29, 0.717) is 6.42 Å². The molecule has 0 aliphatic carbocycles. The summed E-state index contributed by atoms with van der Waals surface area (Å²) in [6, 6.07) is 4.22. The number of halogens is 2. The SMILES string of the molecule is CS(=O)(=O)OCCc1ccc(F)c(Cl)c1. The average Bonchev–Trinajstić information content (AvgIpc) is 2.09. The Kier molecular flexibility index (Phi) is 4.07. The predicted molar refractivity (Wildman–Crippen MR) is 55.9 cm³/mol. The van der Waals surface area contributed by atoms with Gasteiger partial charge in [-0.2, -0.15) is 8.42 Å². The molecule has 0 unspecified atom stereocenters. The third kappa shape index (κ3) is 4.59. The van der Waals surface area contributed by atoms with Crippen molar-refractivity contribution >= 4 is 21.7 Å². The van der Waals surface area contributed by atoms with Gasteiger partial charge in [-0.1, -0.05) is 17.7 Å². The highest BCUT2D eigenvalue weighted by Gasteiger charge is 2.04. The van der Waals surface area contributed by atoms with Gasteiger partial charge in [0.1, 0.15) is 5.82 Å². The fourth-order valence-corrected chi connectivity index (χ4v) is 1.60. The largest absolute Gasteiger partial charge is 0.270 e. The molecule has 1 aromatic rings. The first-order valence-electron chi connectivity index (χ1n) is 4.17. The van der Waals surface area contributed by atoms with Crippen molar-refractivity contribution in [2.24, 2.45) is 0 Å². The van der Waals surface area contributed by atoms with Crippen LogP contribution in [-0.2, 0) is 20.7 Å². The van der Waals surface area contributed by atoms with E-state index in [4.69, 9.17) is 11.6 Å². The van der Waals surface area contributed by atoms with E-state index >= 15 is 0 Å². The number of hydrogen-bond acceptors (Lipinski definition) is 3. The molecule has 15 heavy (non-hydrogen) atoms. The Labute approximate surface area is 92.9 Å². The molecule has 3 nitrogen and oxygen atoms in total. The molecule has 0 aliphatic rings. The molecule has 84 valence electrons. The summed E-state index contributed by atoms with van der Waals surface area (Å²) in [5.74, 6) is -0.496. The van der Waals surface area contributed by atoms with Crippen molar-refractivity contribution in [3.05, 3.63) is 34.6 Å². The van der Waals surface area contributed by atoms with E-state index in [0.717, 1.165) is 11.8 Å². The van der Waals surface area contributed by atoms with Gasteiger partial charge in [0.2, 0.25) is 0 Å². The van der Waals surface area contributed by atoms with Crippen molar-refractivity contribution < 1.29 is 17.0 Å². The highest BCUT2D eigenvalue weighted by molar-refractivity contribution is 7.85. The minimum absolute atomic E-state index is 0.0202. The Morgan fingerprint density at radius 2 is 2.13 bits per heavy atom. The van der Waals surface area contributed by atoms with Gasteiger partial charge in [-0.05, 0) is 24.1 Å². The number of benzene rings is 1. The third-order valence-electron chi connectivity index (χ3n) is 1.67. The van der Waals surface area contributed by atoms with Crippen molar-refractivity contribution in [1.29, 1.82) is 0 Å².